The predicted molar refractivity (Wildman–Crippen MR) is 113 cm³/mol. The van der Waals surface area contributed by atoms with Crippen molar-refractivity contribution in [1.29, 1.82) is 0 Å². The van der Waals surface area contributed by atoms with E-state index in [2.05, 4.69) is 5.32 Å². The van der Waals surface area contributed by atoms with Gasteiger partial charge in [0, 0.05) is 6.04 Å². The van der Waals surface area contributed by atoms with E-state index >= 15 is 0 Å². The van der Waals surface area contributed by atoms with Crippen molar-refractivity contribution in [2.75, 3.05) is 13.2 Å². The number of benzene rings is 1. The Balaban J connectivity index is 1.61. The van der Waals surface area contributed by atoms with Gasteiger partial charge in [-0.15, -0.1) is 0 Å². The average Bonchev–Trinajstić information content (AvgIpc) is 2.92. The van der Waals surface area contributed by atoms with Crippen LogP contribution in [0.15, 0.2) is 29.2 Å². The van der Waals surface area contributed by atoms with Crippen LogP contribution in [0.1, 0.15) is 44.6 Å². The summed E-state index contributed by atoms with van der Waals surface area (Å²) in [7, 11) is 0. The number of carbonyl (C=O) groups excluding carboxylic acids is 2. The Hall–Kier alpha value is -1.86. The molecule has 7 heteroatoms. The number of rotatable bonds is 6. The minimum Gasteiger partial charge on any atom is -0.494 e. The van der Waals surface area contributed by atoms with Crippen molar-refractivity contribution in [3.05, 3.63) is 34.7 Å². The zero-order chi connectivity index (χ0) is 19.2. The van der Waals surface area contributed by atoms with Gasteiger partial charge in [0.15, 0.2) is 0 Å². The van der Waals surface area contributed by atoms with Gasteiger partial charge in [-0.3, -0.25) is 14.5 Å². The van der Waals surface area contributed by atoms with Crippen LogP contribution in [0, 0.1) is 0 Å². The summed E-state index contributed by atoms with van der Waals surface area (Å²) in [5, 5.41) is 3.03. The monoisotopic (exact) mass is 404 g/mol. The van der Waals surface area contributed by atoms with Crippen molar-refractivity contribution in [2.24, 2.45) is 0 Å². The Morgan fingerprint density at radius 1 is 1.30 bits per heavy atom. The molecule has 1 aromatic rings. The molecule has 0 aromatic heterocycles. The summed E-state index contributed by atoms with van der Waals surface area (Å²) < 4.78 is 5.85. The highest BCUT2D eigenvalue weighted by Gasteiger charge is 2.33. The maximum absolute atomic E-state index is 12.7. The normalized spacial score (nSPS) is 19.6. The Morgan fingerprint density at radius 3 is 2.67 bits per heavy atom. The molecule has 27 heavy (non-hydrogen) atoms. The number of ether oxygens (including phenoxy) is 1. The predicted octanol–water partition coefficient (Wildman–Crippen LogP) is 3.74. The maximum atomic E-state index is 12.7. The van der Waals surface area contributed by atoms with Crippen molar-refractivity contribution in [3.8, 4) is 5.75 Å². The van der Waals surface area contributed by atoms with E-state index < -0.39 is 0 Å². The fourth-order valence-electron chi connectivity index (χ4n) is 3.28. The highest BCUT2D eigenvalue weighted by atomic mass is 32.2. The van der Waals surface area contributed by atoms with Crippen LogP contribution in [0.4, 0.5) is 0 Å². The standard InChI is InChI=1S/C20H24N2O3S2/c1-2-25-16-10-8-14(9-11-16)12-17-19(24)22(20(26)27-17)13-18(23)21-15-6-4-3-5-7-15/h8-12,15H,2-7,13H2,1H3,(H,21,23). The molecule has 1 aliphatic heterocycles. The van der Waals surface area contributed by atoms with Crippen LogP contribution in [0.5, 0.6) is 5.75 Å². The van der Waals surface area contributed by atoms with Crippen LogP contribution >= 0.6 is 24.0 Å². The van der Waals surface area contributed by atoms with Gasteiger partial charge in [0.2, 0.25) is 5.91 Å². The van der Waals surface area contributed by atoms with Crippen LogP contribution in [0.3, 0.4) is 0 Å². The molecular weight excluding hydrogens is 380 g/mol. The number of hydrogen-bond donors (Lipinski definition) is 1. The number of thiocarbonyl (C=S) groups is 1. The number of thioether (sulfide) groups is 1. The Bertz CT molecular complexity index is 740. The molecule has 0 radical (unpaired) electrons. The summed E-state index contributed by atoms with van der Waals surface area (Å²) in [6.45, 7) is 2.53. The van der Waals surface area contributed by atoms with Gasteiger partial charge >= 0.3 is 0 Å². The third kappa shape index (κ3) is 5.32. The maximum Gasteiger partial charge on any atom is 0.266 e. The van der Waals surface area contributed by atoms with Gasteiger partial charge in [0.1, 0.15) is 16.6 Å². The van der Waals surface area contributed by atoms with Gasteiger partial charge in [-0.1, -0.05) is 55.4 Å². The summed E-state index contributed by atoms with van der Waals surface area (Å²) in [6, 6.07) is 7.76. The quantitative estimate of drug-likeness (QED) is 0.578. The van der Waals surface area contributed by atoms with E-state index in [9.17, 15) is 9.59 Å². The zero-order valence-corrected chi connectivity index (χ0v) is 17.0. The van der Waals surface area contributed by atoms with Gasteiger partial charge in [0.25, 0.3) is 5.91 Å². The van der Waals surface area contributed by atoms with Crippen LogP contribution in [-0.2, 0) is 9.59 Å². The number of amides is 2. The van der Waals surface area contributed by atoms with Crippen LogP contribution in [-0.4, -0.2) is 40.2 Å². The highest BCUT2D eigenvalue weighted by Crippen LogP contribution is 2.32. The lowest BCUT2D eigenvalue weighted by Gasteiger charge is -2.24. The molecule has 144 valence electrons. The van der Waals surface area contributed by atoms with E-state index in [4.69, 9.17) is 17.0 Å². The van der Waals surface area contributed by atoms with Crippen molar-refractivity contribution >= 4 is 46.2 Å². The highest BCUT2D eigenvalue weighted by molar-refractivity contribution is 8.26. The van der Waals surface area contributed by atoms with Gasteiger partial charge in [-0.05, 0) is 43.5 Å². The molecule has 5 nitrogen and oxygen atoms in total. The lowest BCUT2D eigenvalue weighted by Crippen LogP contribution is -2.44. The molecule has 0 atom stereocenters. The van der Waals surface area contributed by atoms with Crippen molar-refractivity contribution in [1.82, 2.24) is 10.2 Å². The summed E-state index contributed by atoms with van der Waals surface area (Å²) in [6.07, 6.45) is 7.36. The summed E-state index contributed by atoms with van der Waals surface area (Å²) in [4.78, 5) is 26.9. The fraction of sp³-hybridized carbons (Fsp3) is 0.450. The van der Waals surface area contributed by atoms with Crippen molar-refractivity contribution in [3.63, 3.8) is 0 Å². The smallest absolute Gasteiger partial charge is 0.266 e. The molecule has 1 heterocycles. The third-order valence-electron chi connectivity index (χ3n) is 4.63. The first kappa shape index (κ1) is 19.9. The lowest BCUT2D eigenvalue weighted by atomic mass is 9.95. The molecule has 1 saturated carbocycles. The summed E-state index contributed by atoms with van der Waals surface area (Å²) in [5.41, 5.74) is 0.894. The van der Waals surface area contributed by atoms with Crippen molar-refractivity contribution in [2.45, 2.75) is 45.1 Å². The SMILES string of the molecule is CCOc1ccc(C=C2SC(=S)N(CC(=O)NC3CCCCC3)C2=O)cc1. The molecule has 0 spiro atoms. The molecule has 1 aliphatic carbocycles. The van der Waals surface area contributed by atoms with E-state index in [0.29, 0.717) is 15.8 Å². The first-order valence-electron chi connectivity index (χ1n) is 9.34. The number of carbonyl (C=O) groups is 2. The summed E-state index contributed by atoms with van der Waals surface area (Å²) in [5.74, 6) is 0.444. The van der Waals surface area contributed by atoms with Crippen LogP contribution < -0.4 is 10.1 Å². The topological polar surface area (TPSA) is 58.6 Å². The Labute approximate surface area is 169 Å². The molecule has 2 amide bonds. The zero-order valence-electron chi connectivity index (χ0n) is 15.4. The molecule has 2 aliphatic rings. The van der Waals surface area contributed by atoms with Crippen LogP contribution in [0.25, 0.3) is 6.08 Å². The van der Waals surface area contributed by atoms with Gasteiger partial charge in [0.05, 0.1) is 11.5 Å². The second kappa shape index (κ2) is 9.37. The van der Waals surface area contributed by atoms with Crippen LogP contribution in [0.2, 0.25) is 0 Å². The number of nitrogens with one attached hydrogen (secondary N) is 1. The molecule has 1 N–H and O–H groups in total. The third-order valence-corrected chi connectivity index (χ3v) is 6.01. The minimum atomic E-state index is -0.210. The van der Waals surface area contributed by atoms with E-state index in [1.165, 1.54) is 23.1 Å². The molecule has 1 saturated heterocycles. The Morgan fingerprint density at radius 2 is 2.00 bits per heavy atom. The van der Waals surface area contributed by atoms with Gasteiger partial charge < -0.3 is 10.1 Å². The second-order valence-electron chi connectivity index (χ2n) is 6.67. The molecule has 1 aromatic carbocycles. The summed E-state index contributed by atoms with van der Waals surface area (Å²) >= 11 is 6.55. The first-order chi connectivity index (χ1) is 13.1. The number of hydrogen-bond acceptors (Lipinski definition) is 5. The second-order valence-corrected chi connectivity index (χ2v) is 8.35. The van der Waals surface area contributed by atoms with E-state index in [-0.39, 0.29) is 24.4 Å². The van der Waals surface area contributed by atoms with E-state index in [0.717, 1.165) is 37.0 Å². The molecule has 0 unspecified atom stereocenters. The lowest BCUT2D eigenvalue weighted by molar-refractivity contribution is -0.129. The fourth-order valence-corrected chi connectivity index (χ4v) is 4.53. The van der Waals surface area contributed by atoms with Gasteiger partial charge in [-0.2, -0.15) is 0 Å². The Kier molecular flexibility index (Phi) is 6.90. The molecular formula is C20H24N2O3S2. The number of nitrogens with zero attached hydrogens (tertiary/aromatic N) is 1. The average molecular weight is 405 g/mol. The first-order valence-corrected chi connectivity index (χ1v) is 10.6. The molecule has 2 fully saturated rings. The van der Waals surface area contributed by atoms with Gasteiger partial charge in [-0.25, -0.2) is 0 Å². The molecule has 3 rings (SSSR count). The molecule has 0 bridgehead atoms. The van der Waals surface area contributed by atoms with E-state index in [1.54, 1.807) is 6.08 Å². The van der Waals surface area contributed by atoms with Crippen molar-refractivity contribution < 1.29 is 14.3 Å². The minimum absolute atomic E-state index is 0.0121. The van der Waals surface area contributed by atoms with E-state index in [1.807, 2.05) is 31.2 Å². The largest absolute Gasteiger partial charge is 0.494 e.